The summed E-state index contributed by atoms with van der Waals surface area (Å²) < 4.78 is 27.9. The van der Waals surface area contributed by atoms with E-state index in [0.29, 0.717) is 6.42 Å². The fourth-order valence-corrected chi connectivity index (χ4v) is 4.87. The molecule has 1 N–H and O–H groups in total. The van der Waals surface area contributed by atoms with Crippen molar-refractivity contribution in [3.05, 3.63) is 69.3 Å². The van der Waals surface area contributed by atoms with Crippen molar-refractivity contribution < 1.29 is 27.7 Å². The fourth-order valence-electron chi connectivity index (χ4n) is 3.20. The predicted molar refractivity (Wildman–Crippen MR) is 105 cm³/mol. The van der Waals surface area contributed by atoms with Gasteiger partial charge in [-0.05, 0) is 24.6 Å². The van der Waals surface area contributed by atoms with E-state index in [0.717, 1.165) is 6.07 Å². The molecule has 0 spiro atoms. The average Bonchev–Trinajstić information content (AvgIpc) is 3.05. The number of hydrogen-bond donors (Lipinski definition) is 1. The largest absolute Gasteiger partial charge is 0.465 e. The lowest BCUT2D eigenvalue weighted by atomic mass is 9.97. The minimum Gasteiger partial charge on any atom is -0.465 e. The molecule has 1 atom stereocenters. The van der Waals surface area contributed by atoms with Crippen LogP contribution < -0.4 is 5.32 Å². The summed E-state index contributed by atoms with van der Waals surface area (Å²) in [4.78, 5) is 35.7. The maximum Gasteiger partial charge on any atom is 0.338 e. The topological polar surface area (TPSA) is 133 Å². The smallest absolute Gasteiger partial charge is 0.338 e. The molecule has 10 heteroatoms. The van der Waals surface area contributed by atoms with Gasteiger partial charge in [-0.1, -0.05) is 18.2 Å². The van der Waals surface area contributed by atoms with Crippen molar-refractivity contribution in [3.63, 3.8) is 0 Å². The second-order valence-corrected chi connectivity index (χ2v) is 8.83. The molecule has 0 saturated carbocycles. The van der Waals surface area contributed by atoms with Crippen molar-refractivity contribution >= 4 is 33.0 Å². The number of sulfone groups is 1. The summed E-state index contributed by atoms with van der Waals surface area (Å²) in [5.74, 6) is -1.33. The molecule has 1 aliphatic rings. The molecular weight excluding hydrogens is 400 g/mol. The number of esters is 1. The number of carbonyl (C=O) groups is 2. The molecule has 9 nitrogen and oxygen atoms in total. The molecule has 152 valence electrons. The SMILES string of the molecule is COC(=O)c1ccccc1C(=O)c1ccc(N[C@H]2CCS(=O)(=O)C2)c([N+](=O)[O-])c1. The van der Waals surface area contributed by atoms with Crippen LogP contribution in [-0.4, -0.2) is 49.8 Å². The van der Waals surface area contributed by atoms with Crippen LogP contribution in [0.15, 0.2) is 42.5 Å². The normalized spacial score (nSPS) is 17.5. The zero-order valence-electron chi connectivity index (χ0n) is 15.5. The Labute approximate surface area is 166 Å². The molecule has 1 saturated heterocycles. The molecule has 2 aromatic rings. The second-order valence-electron chi connectivity index (χ2n) is 6.60. The van der Waals surface area contributed by atoms with E-state index >= 15 is 0 Å². The maximum atomic E-state index is 12.9. The average molecular weight is 418 g/mol. The van der Waals surface area contributed by atoms with E-state index in [4.69, 9.17) is 0 Å². The lowest BCUT2D eigenvalue weighted by Crippen LogP contribution is -2.21. The van der Waals surface area contributed by atoms with Crippen molar-refractivity contribution in [1.82, 2.24) is 0 Å². The number of methoxy groups -OCH3 is 1. The van der Waals surface area contributed by atoms with Gasteiger partial charge >= 0.3 is 5.97 Å². The lowest BCUT2D eigenvalue weighted by Gasteiger charge is -2.13. The number of ketones is 1. The Morgan fingerprint density at radius 3 is 2.45 bits per heavy atom. The molecule has 1 heterocycles. The van der Waals surface area contributed by atoms with Gasteiger partial charge in [0.15, 0.2) is 15.6 Å². The van der Waals surface area contributed by atoms with Gasteiger partial charge in [-0.2, -0.15) is 0 Å². The first-order chi connectivity index (χ1) is 13.7. The first-order valence-electron chi connectivity index (χ1n) is 8.69. The highest BCUT2D eigenvalue weighted by atomic mass is 32.2. The Kier molecular flexibility index (Phi) is 5.64. The van der Waals surface area contributed by atoms with Crippen LogP contribution in [0.3, 0.4) is 0 Å². The highest BCUT2D eigenvalue weighted by Crippen LogP contribution is 2.29. The highest BCUT2D eigenvalue weighted by molar-refractivity contribution is 7.91. The Balaban J connectivity index is 1.94. The van der Waals surface area contributed by atoms with E-state index in [1.165, 1.54) is 31.4 Å². The summed E-state index contributed by atoms with van der Waals surface area (Å²) in [6, 6.07) is 9.48. The third-order valence-electron chi connectivity index (χ3n) is 4.63. The number of anilines is 1. The molecule has 0 unspecified atom stereocenters. The number of benzene rings is 2. The standard InChI is InChI=1S/C19H18N2O7S/c1-28-19(23)15-5-3-2-4-14(15)18(22)12-6-7-16(17(10-12)21(24)25)20-13-8-9-29(26,27)11-13/h2-7,10,13,20H,8-9,11H2,1H3/t13-/m0/s1. The molecule has 3 rings (SSSR count). The molecule has 2 aromatic carbocycles. The maximum absolute atomic E-state index is 12.9. The number of carbonyl (C=O) groups excluding carboxylic acids is 2. The Hall–Kier alpha value is -3.27. The van der Waals surface area contributed by atoms with Gasteiger partial charge in [0.05, 0.1) is 29.1 Å². The van der Waals surface area contributed by atoms with E-state index in [-0.39, 0.29) is 39.6 Å². The van der Waals surface area contributed by atoms with Crippen LogP contribution in [0.5, 0.6) is 0 Å². The summed E-state index contributed by atoms with van der Waals surface area (Å²) in [5, 5.41) is 14.4. The van der Waals surface area contributed by atoms with Gasteiger partial charge in [-0.25, -0.2) is 13.2 Å². The van der Waals surface area contributed by atoms with E-state index in [1.54, 1.807) is 12.1 Å². The van der Waals surface area contributed by atoms with Gasteiger partial charge in [-0.15, -0.1) is 0 Å². The summed E-state index contributed by atoms with van der Waals surface area (Å²) >= 11 is 0. The molecule has 0 aromatic heterocycles. The zero-order valence-corrected chi connectivity index (χ0v) is 16.3. The fraction of sp³-hybridized carbons (Fsp3) is 0.263. The minimum absolute atomic E-state index is 0.0256. The number of nitro benzene ring substituents is 1. The summed E-state index contributed by atoms with van der Waals surface area (Å²) in [6.45, 7) is 0. The number of ether oxygens (including phenoxy) is 1. The van der Waals surface area contributed by atoms with Crippen LogP contribution in [0, 0.1) is 10.1 Å². The number of nitrogens with zero attached hydrogens (tertiary/aromatic N) is 1. The van der Waals surface area contributed by atoms with Crippen molar-refractivity contribution in [1.29, 1.82) is 0 Å². The second kappa shape index (κ2) is 8.00. The Morgan fingerprint density at radius 2 is 1.86 bits per heavy atom. The number of hydrogen-bond acceptors (Lipinski definition) is 8. The monoisotopic (exact) mass is 418 g/mol. The van der Waals surface area contributed by atoms with Crippen molar-refractivity contribution in [2.75, 3.05) is 23.9 Å². The summed E-state index contributed by atoms with van der Waals surface area (Å²) in [7, 11) is -1.96. The molecule has 0 radical (unpaired) electrons. The van der Waals surface area contributed by atoms with E-state index in [2.05, 4.69) is 10.1 Å². The first kappa shape index (κ1) is 20.5. The van der Waals surface area contributed by atoms with Gasteiger partial charge in [0.25, 0.3) is 5.69 Å². The highest BCUT2D eigenvalue weighted by Gasteiger charge is 2.30. The first-order valence-corrected chi connectivity index (χ1v) is 10.5. The summed E-state index contributed by atoms with van der Waals surface area (Å²) in [5.41, 5.74) is -0.0690. The number of rotatable bonds is 6. The van der Waals surface area contributed by atoms with Gasteiger partial charge in [-0.3, -0.25) is 14.9 Å². The van der Waals surface area contributed by atoms with Gasteiger partial charge in [0, 0.05) is 23.2 Å². The Bertz CT molecular complexity index is 1100. The van der Waals surface area contributed by atoms with Crippen LogP contribution in [0.1, 0.15) is 32.7 Å². The molecule has 1 aliphatic heterocycles. The van der Waals surface area contributed by atoms with Crippen molar-refractivity contribution in [2.24, 2.45) is 0 Å². The van der Waals surface area contributed by atoms with Gasteiger partial charge < -0.3 is 10.1 Å². The van der Waals surface area contributed by atoms with E-state index < -0.39 is 32.6 Å². The van der Waals surface area contributed by atoms with Crippen molar-refractivity contribution in [3.8, 4) is 0 Å². The molecule has 1 fully saturated rings. The lowest BCUT2D eigenvalue weighted by molar-refractivity contribution is -0.384. The molecule has 0 amide bonds. The molecule has 29 heavy (non-hydrogen) atoms. The minimum atomic E-state index is -3.15. The van der Waals surface area contributed by atoms with Crippen molar-refractivity contribution in [2.45, 2.75) is 12.5 Å². The van der Waals surface area contributed by atoms with Crippen LogP contribution in [0.25, 0.3) is 0 Å². The Morgan fingerprint density at radius 1 is 1.17 bits per heavy atom. The quantitative estimate of drug-likeness (QED) is 0.327. The zero-order chi connectivity index (χ0) is 21.2. The van der Waals surface area contributed by atoms with Gasteiger partial charge in [0.1, 0.15) is 5.69 Å². The molecule has 0 aliphatic carbocycles. The van der Waals surface area contributed by atoms with Crippen LogP contribution in [0.4, 0.5) is 11.4 Å². The van der Waals surface area contributed by atoms with Gasteiger partial charge in [0.2, 0.25) is 0 Å². The van der Waals surface area contributed by atoms with Crippen LogP contribution in [0.2, 0.25) is 0 Å². The van der Waals surface area contributed by atoms with E-state index in [9.17, 15) is 28.1 Å². The van der Waals surface area contributed by atoms with Crippen LogP contribution in [-0.2, 0) is 14.6 Å². The third-order valence-corrected chi connectivity index (χ3v) is 6.39. The van der Waals surface area contributed by atoms with Crippen LogP contribution >= 0.6 is 0 Å². The summed E-state index contributed by atoms with van der Waals surface area (Å²) in [6.07, 6.45) is 0.354. The number of nitro groups is 1. The predicted octanol–water partition coefficient (Wildman–Crippen LogP) is 2.21. The molecular formula is C19H18N2O7S. The number of nitrogens with one attached hydrogen (secondary N) is 1. The third kappa shape index (κ3) is 4.43. The van der Waals surface area contributed by atoms with E-state index in [1.807, 2.05) is 0 Å². The molecule has 0 bridgehead atoms.